The third-order valence-electron chi connectivity index (χ3n) is 4.23. The Labute approximate surface area is 145 Å². The number of ether oxygens (including phenoxy) is 2. The number of nitrogens with zero attached hydrogens (tertiary/aromatic N) is 3. The molecule has 1 aromatic carbocycles. The SMILES string of the molecule is COc1ccc(-c2cc(-c3ccncc3)c3cncn3c2)cc1OC. The van der Waals surface area contributed by atoms with Crippen molar-refractivity contribution in [1.82, 2.24) is 14.4 Å². The Hall–Kier alpha value is -3.34. The van der Waals surface area contributed by atoms with Gasteiger partial charge in [-0.3, -0.25) is 4.98 Å². The van der Waals surface area contributed by atoms with E-state index in [-0.39, 0.29) is 0 Å². The monoisotopic (exact) mass is 331 g/mol. The fourth-order valence-electron chi connectivity index (χ4n) is 2.97. The average molecular weight is 331 g/mol. The standard InChI is InChI=1S/C20H17N3O2/c1-24-19-4-3-15(10-20(19)25-2)16-9-17(14-5-7-21-8-6-14)18-11-22-13-23(18)12-16/h3-13H,1-2H3. The van der Waals surface area contributed by atoms with Crippen LogP contribution >= 0.6 is 0 Å². The van der Waals surface area contributed by atoms with Crippen molar-refractivity contribution >= 4 is 5.52 Å². The maximum absolute atomic E-state index is 5.43. The quantitative estimate of drug-likeness (QED) is 0.565. The van der Waals surface area contributed by atoms with Crippen LogP contribution in [0.4, 0.5) is 0 Å². The highest BCUT2D eigenvalue weighted by Crippen LogP contribution is 2.35. The van der Waals surface area contributed by atoms with E-state index in [1.54, 1.807) is 26.6 Å². The van der Waals surface area contributed by atoms with Gasteiger partial charge in [0.15, 0.2) is 11.5 Å². The summed E-state index contributed by atoms with van der Waals surface area (Å²) in [5.74, 6) is 1.42. The lowest BCUT2D eigenvalue weighted by Gasteiger charge is -2.12. The van der Waals surface area contributed by atoms with Gasteiger partial charge in [0, 0.05) is 24.2 Å². The number of imidazole rings is 1. The van der Waals surface area contributed by atoms with Crippen LogP contribution < -0.4 is 9.47 Å². The van der Waals surface area contributed by atoms with Gasteiger partial charge in [0.1, 0.15) is 0 Å². The Kier molecular flexibility index (Phi) is 3.82. The molecular formula is C20H17N3O2. The summed E-state index contributed by atoms with van der Waals surface area (Å²) in [6.45, 7) is 0. The number of rotatable bonds is 4. The van der Waals surface area contributed by atoms with Crippen LogP contribution in [0.3, 0.4) is 0 Å². The van der Waals surface area contributed by atoms with Crippen molar-refractivity contribution < 1.29 is 9.47 Å². The molecule has 3 aromatic heterocycles. The molecule has 0 unspecified atom stereocenters. The first-order valence-corrected chi connectivity index (χ1v) is 7.88. The second-order valence-electron chi connectivity index (χ2n) is 5.63. The summed E-state index contributed by atoms with van der Waals surface area (Å²) in [4.78, 5) is 8.39. The van der Waals surface area contributed by atoms with E-state index < -0.39 is 0 Å². The van der Waals surface area contributed by atoms with Crippen LogP contribution in [0, 0.1) is 0 Å². The maximum Gasteiger partial charge on any atom is 0.161 e. The first-order valence-electron chi connectivity index (χ1n) is 7.88. The largest absolute Gasteiger partial charge is 0.493 e. The summed E-state index contributed by atoms with van der Waals surface area (Å²) >= 11 is 0. The van der Waals surface area contributed by atoms with Gasteiger partial charge in [0.2, 0.25) is 0 Å². The van der Waals surface area contributed by atoms with Crippen LogP contribution in [-0.4, -0.2) is 28.6 Å². The molecule has 0 aliphatic heterocycles. The van der Waals surface area contributed by atoms with E-state index in [4.69, 9.17) is 9.47 Å². The molecular weight excluding hydrogens is 314 g/mol. The van der Waals surface area contributed by atoms with E-state index in [1.165, 1.54) is 0 Å². The predicted octanol–water partition coefficient (Wildman–Crippen LogP) is 4.08. The second kappa shape index (κ2) is 6.28. The van der Waals surface area contributed by atoms with Gasteiger partial charge >= 0.3 is 0 Å². The van der Waals surface area contributed by atoms with Crippen LogP contribution in [0.5, 0.6) is 11.5 Å². The molecule has 0 radical (unpaired) electrons. The summed E-state index contributed by atoms with van der Waals surface area (Å²) in [6.07, 6.45) is 9.34. The first kappa shape index (κ1) is 15.2. The Morgan fingerprint density at radius 3 is 2.36 bits per heavy atom. The lowest BCUT2D eigenvalue weighted by Crippen LogP contribution is -1.93. The van der Waals surface area contributed by atoms with Gasteiger partial charge in [-0.1, -0.05) is 6.07 Å². The van der Waals surface area contributed by atoms with E-state index in [9.17, 15) is 0 Å². The van der Waals surface area contributed by atoms with Gasteiger partial charge in [0.25, 0.3) is 0 Å². The highest BCUT2D eigenvalue weighted by molar-refractivity contribution is 5.84. The minimum atomic E-state index is 0.705. The number of hydrogen-bond donors (Lipinski definition) is 0. The minimum absolute atomic E-state index is 0.705. The van der Waals surface area contributed by atoms with Crippen molar-refractivity contribution in [3.8, 4) is 33.8 Å². The first-order chi connectivity index (χ1) is 12.3. The predicted molar refractivity (Wildman–Crippen MR) is 97.0 cm³/mol. The van der Waals surface area contributed by atoms with Gasteiger partial charge in [0.05, 0.1) is 32.3 Å². The van der Waals surface area contributed by atoms with E-state index >= 15 is 0 Å². The lowest BCUT2D eigenvalue weighted by atomic mass is 10.0. The van der Waals surface area contributed by atoms with Crippen LogP contribution in [0.25, 0.3) is 27.8 Å². The summed E-state index contributed by atoms with van der Waals surface area (Å²) in [7, 11) is 3.28. The molecule has 0 bridgehead atoms. The lowest BCUT2D eigenvalue weighted by molar-refractivity contribution is 0.355. The number of methoxy groups -OCH3 is 2. The number of benzene rings is 1. The zero-order chi connectivity index (χ0) is 17.2. The molecule has 3 heterocycles. The Morgan fingerprint density at radius 2 is 1.60 bits per heavy atom. The fourth-order valence-corrected chi connectivity index (χ4v) is 2.97. The van der Waals surface area contributed by atoms with E-state index in [0.29, 0.717) is 11.5 Å². The van der Waals surface area contributed by atoms with Crippen molar-refractivity contribution in [2.75, 3.05) is 14.2 Å². The molecule has 4 rings (SSSR count). The van der Waals surface area contributed by atoms with Gasteiger partial charge in [-0.05, 0) is 47.0 Å². The molecule has 5 heteroatoms. The molecule has 0 aliphatic carbocycles. The number of fused-ring (bicyclic) bond motifs is 1. The Morgan fingerprint density at radius 1 is 0.800 bits per heavy atom. The van der Waals surface area contributed by atoms with Gasteiger partial charge < -0.3 is 13.9 Å². The highest BCUT2D eigenvalue weighted by Gasteiger charge is 2.11. The van der Waals surface area contributed by atoms with Crippen LogP contribution in [0.2, 0.25) is 0 Å². The highest BCUT2D eigenvalue weighted by atomic mass is 16.5. The van der Waals surface area contributed by atoms with E-state index in [2.05, 4.69) is 22.2 Å². The Bertz CT molecular complexity index is 1030. The van der Waals surface area contributed by atoms with Crippen LogP contribution in [-0.2, 0) is 0 Å². The summed E-state index contributed by atoms with van der Waals surface area (Å²) < 4.78 is 12.8. The molecule has 0 fully saturated rings. The van der Waals surface area contributed by atoms with Crippen molar-refractivity contribution in [2.24, 2.45) is 0 Å². The van der Waals surface area contributed by atoms with Gasteiger partial charge in [-0.25, -0.2) is 4.98 Å². The van der Waals surface area contributed by atoms with Crippen molar-refractivity contribution in [1.29, 1.82) is 0 Å². The molecule has 5 nitrogen and oxygen atoms in total. The molecule has 0 saturated carbocycles. The molecule has 4 aromatic rings. The van der Waals surface area contributed by atoms with Crippen molar-refractivity contribution in [3.63, 3.8) is 0 Å². The smallest absolute Gasteiger partial charge is 0.161 e. The molecule has 0 aliphatic rings. The normalized spacial score (nSPS) is 10.8. The molecule has 0 amide bonds. The van der Waals surface area contributed by atoms with Crippen LogP contribution in [0.1, 0.15) is 0 Å². The molecule has 0 atom stereocenters. The van der Waals surface area contributed by atoms with Crippen LogP contribution in [0.15, 0.2) is 67.5 Å². The fraction of sp³-hybridized carbons (Fsp3) is 0.100. The topological polar surface area (TPSA) is 48.7 Å². The third-order valence-corrected chi connectivity index (χ3v) is 4.23. The molecule has 0 spiro atoms. The second-order valence-corrected chi connectivity index (χ2v) is 5.63. The molecule has 0 N–H and O–H groups in total. The van der Waals surface area contributed by atoms with E-state index in [1.807, 2.05) is 47.3 Å². The number of hydrogen-bond acceptors (Lipinski definition) is 4. The van der Waals surface area contributed by atoms with Gasteiger partial charge in [-0.2, -0.15) is 0 Å². The maximum atomic E-state index is 5.43. The zero-order valence-electron chi connectivity index (χ0n) is 14.0. The van der Waals surface area contributed by atoms with Crippen molar-refractivity contribution in [3.05, 3.63) is 67.5 Å². The Balaban J connectivity index is 1.92. The number of aromatic nitrogens is 3. The summed E-state index contributed by atoms with van der Waals surface area (Å²) in [6, 6.07) is 12.1. The molecule has 25 heavy (non-hydrogen) atoms. The number of pyridine rings is 2. The zero-order valence-corrected chi connectivity index (χ0v) is 14.0. The third kappa shape index (κ3) is 2.70. The summed E-state index contributed by atoms with van der Waals surface area (Å²) in [5.41, 5.74) is 5.37. The van der Waals surface area contributed by atoms with E-state index in [0.717, 1.165) is 27.8 Å². The molecule has 124 valence electrons. The van der Waals surface area contributed by atoms with Crippen molar-refractivity contribution in [2.45, 2.75) is 0 Å². The summed E-state index contributed by atoms with van der Waals surface area (Å²) in [5, 5.41) is 0. The molecule has 0 saturated heterocycles. The van der Waals surface area contributed by atoms with Gasteiger partial charge in [-0.15, -0.1) is 0 Å². The minimum Gasteiger partial charge on any atom is -0.493 e. The average Bonchev–Trinajstić information content (AvgIpc) is 3.16.